The zero-order valence-electron chi connectivity index (χ0n) is 8.88. The van der Waals surface area contributed by atoms with Crippen molar-refractivity contribution < 1.29 is 14.6 Å². The topological polar surface area (TPSA) is 93.5 Å². The zero-order valence-corrected chi connectivity index (χ0v) is 8.88. The highest BCUT2D eigenvalue weighted by molar-refractivity contribution is 5.88. The summed E-state index contributed by atoms with van der Waals surface area (Å²) in [6, 6.07) is 4.86. The number of nitro groups is 1. The molecule has 0 aliphatic heterocycles. The number of carbonyl (C=O) groups excluding carboxylic acids is 1. The molecule has 0 heterocycles. The fourth-order valence-corrected chi connectivity index (χ4v) is 0.989. The number of nitrogens with zero attached hydrogens (tertiary/aromatic N) is 1. The van der Waals surface area contributed by atoms with Crippen LogP contribution in [0.1, 0.15) is 0 Å². The Morgan fingerprint density at radius 3 is 2.65 bits per heavy atom. The third-order valence-electron chi connectivity index (χ3n) is 1.70. The van der Waals surface area contributed by atoms with Crippen LogP contribution < -0.4 is 10.8 Å². The molecule has 0 spiro atoms. The number of benzene rings is 1. The molecule has 0 saturated carbocycles. The summed E-state index contributed by atoms with van der Waals surface area (Å²) < 4.78 is 0. The number of anilines is 1. The molecule has 0 aliphatic carbocycles. The maximum atomic E-state index is 11.2. The van der Waals surface area contributed by atoms with Crippen LogP contribution in [0.4, 0.5) is 16.2 Å². The molecule has 0 aliphatic rings. The van der Waals surface area contributed by atoms with E-state index in [1.807, 2.05) is 0 Å². The highest BCUT2D eigenvalue weighted by Crippen LogP contribution is 2.14. The van der Waals surface area contributed by atoms with Gasteiger partial charge >= 0.3 is 6.03 Å². The van der Waals surface area contributed by atoms with Gasteiger partial charge in [0.15, 0.2) is 0 Å². The second-order valence-corrected chi connectivity index (χ2v) is 2.96. The fraction of sp³-hybridized carbons (Fsp3) is 0.100. The predicted molar refractivity (Wildman–Crippen MR) is 61.4 cm³/mol. The first-order valence-electron chi connectivity index (χ1n) is 4.67. The number of amides is 2. The zero-order chi connectivity index (χ0) is 12.7. The van der Waals surface area contributed by atoms with Crippen molar-refractivity contribution in [1.82, 2.24) is 5.48 Å². The normalized spacial score (nSPS) is 9.41. The van der Waals surface area contributed by atoms with Crippen LogP contribution in [0.25, 0.3) is 0 Å². The van der Waals surface area contributed by atoms with Crippen molar-refractivity contribution in [3.63, 3.8) is 0 Å². The summed E-state index contributed by atoms with van der Waals surface area (Å²) in [7, 11) is 0. The maximum absolute atomic E-state index is 11.2. The van der Waals surface area contributed by atoms with Gasteiger partial charge in [-0.15, -0.1) is 6.58 Å². The Balaban J connectivity index is 2.48. The predicted octanol–water partition coefficient (Wildman–Crippen LogP) is 1.83. The van der Waals surface area contributed by atoms with E-state index in [9.17, 15) is 14.9 Å². The molecule has 2 N–H and O–H groups in total. The van der Waals surface area contributed by atoms with Crippen LogP contribution in [0, 0.1) is 10.1 Å². The lowest BCUT2D eigenvalue weighted by atomic mass is 10.3. The van der Waals surface area contributed by atoms with E-state index in [2.05, 4.69) is 17.4 Å². The van der Waals surface area contributed by atoms with Crippen molar-refractivity contribution in [1.29, 1.82) is 0 Å². The molecule has 0 radical (unpaired) electrons. The second-order valence-electron chi connectivity index (χ2n) is 2.96. The summed E-state index contributed by atoms with van der Waals surface area (Å²) in [6.07, 6.45) is 1.48. The molecule has 1 aromatic carbocycles. The van der Waals surface area contributed by atoms with Crippen LogP contribution in [0.15, 0.2) is 36.9 Å². The highest BCUT2D eigenvalue weighted by Gasteiger charge is 2.05. The van der Waals surface area contributed by atoms with Crippen LogP contribution in [0.5, 0.6) is 0 Å². The first kappa shape index (κ1) is 12.7. The summed E-state index contributed by atoms with van der Waals surface area (Å²) in [6.45, 7) is 3.60. The van der Waals surface area contributed by atoms with Gasteiger partial charge in [0.25, 0.3) is 5.69 Å². The van der Waals surface area contributed by atoms with Crippen LogP contribution in [-0.4, -0.2) is 17.6 Å². The third kappa shape index (κ3) is 4.31. The number of nitrogens with one attached hydrogen (secondary N) is 2. The molecule has 0 fully saturated rings. The molecule has 0 unspecified atom stereocenters. The summed E-state index contributed by atoms with van der Waals surface area (Å²) in [4.78, 5) is 25.7. The van der Waals surface area contributed by atoms with E-state index in [-0.39, 0.29) is 12.3 Å². The van der Waals surface area contributed by atoms with Crippen LogP contribution in [0.2, 0.25) is 0 Å². The molecule has 1 aromatic rings. The molecular weight excluding hydrogens is 226 g/mol. The third-order valence-corrected chi connectivity index (χ3v) is 1.70. The number of urea groups is 1. The lowest BCUT2D eigenvalue weighted by Crippen LogP contribution is -2.28. The Morgan fingerprint density at radius 2 is 2.12 bits per heavy atom. The SMILES string of the molecule is C=CCONC(=O)Nc1ccc([N+](=O)[O-])cc1. The van der Waals surface area contributed by atoms with Crippen LogP contribution in [-0.2, 0) is 4.84 Å². The molecule has 2 amide bonds. The maximum Gasteiger partial charge on any atom is 0.343 e. The smallest absolute Gasteiger partial charge is 0.306 e. The molecule has 0 atom stereocenters. The summed E-state index contributed by atoms with van der Waals surface area (Å²) in [5.41, 5.74) is 2.50. The second kappa shape index (κ2) is 6.23. The van der Waals surface area contributed by atoms with Gasteiger partial charge < -0.3 is 5.32 Å². The quantitative estimate of drug-likeness (QED) is 0.353. The van der Waals surface area contributed by atoms with Crippen LogP contribution in [0.3, 0.4) is 0 Å². The van der Waals surface area contributed by atoms with E-state index in [4.69, 9.17) is 4.84 Å². The minimum absolute atomic E-state index is 0.0427. The fourth-order valence-electron chi connectivity index (χ4n) is 0.989. The van der Waals surface area contributed by atoms with Crippen molar-refractivity contribution >= 4 is 17.4 Å². The number of rotatable bonds is 5. The van der Waals surface area contributed by atoms with Crippen molar-refractivity contribution in [2.45, 2.75) is 0 Å². The van der Waals surface area contributed by atoms with Gasteiger partial charge in [0.1, 0.15) is 0 Å². The summed E-state index contributed by atoms with van der Waals surface area (Å²) in [5, 5.41) is 12.8. The number of hydroxylamine groups is 1. The van der Waals surface area contributed by atoms with Crippen molar-refractivity contribution in [2.24, 2.45) is 0 Å². The molecule has 7 nitrogen and oxygen atoms in total. The highest BCUT2D eigenvalue weighted by atomic mass is 16.7. The molecule has 7 heteroatoms. The standard InChI is InChI=1S/C10H11N3O4/c1-2-7-17-12-10(14)11-8-3-5-9(6-4-8)13(15)16/h2-6H,1,7H2,(H2,11,12,14). The first-order valence-corrected chi connectivity index (χ1v) is 4.67. The van der Waals surface area contributed by atoms with E-state index >= 15 is 0 Å². The van der Waals surface area contributed by atoms with Crippen molar-refractivity contribution in [3.05, 3.63) is 47.0 Å². The minimum Gasteiger partial charge on any atom is -0.306 e. The number of non-ortho nitro benzene ring substituents is 1. The van der Waals surface area contributed by atoms with E-state index in [1.54, 1.807) is 0 Å². The molecule has 0 saturated heterocycles. The van der Waals surface area contributed by atoms with Crippen molar-refractivity contribution in [2.75, 3.05) is 11.9 Å². The lowest BCUT2D eigenvalue weighted by molar-refractivity contribution is -0.384. The molecule has 0 aromatic heterocycles. The van der Waals surface area contributed by atoms with E-state index in [0.29, 0.717) is 5.69 Å². The number of hydrogen-bond acceptors (Lipinski definition) is 4. The largest absolute Gasteiger partial charge is 0.343 e. The number of nitro benzene ring substituents is 1. The summed E-state index contributed by atoms with van der Waals surface area (Å²) in [5.74, 6) is 0. The van der Waals surface area contributed by atoms with E-state index in [1.165, 1.54) is 30.3 Å². The number of hydrogen-bond donors (Lipinski definition) is 2. The van der Waals surface area contributed by atoms with Gasteiger partial charge in [-0.25, -0.2) is 10.3 Å². The first-order chi connectivity index (χ1) is 8.13. The van der Waals surface area contributed by atoms with E-state index in [0.717, 1.165) is 0 Å². The molecular formula is C10H11N3O4. The Bertz CT molecular complexity index is 416. The molecule has 90 valence electrons. The lowest BCUT2D eigenvalue weighted by Gasteiger charge is -2.06. The van der Waals surface area contributed by atoms with Gasteiger partial charge in [-0.1, -0.05) is 6.08 Å². The molecule has 1 rings (SSSR count). The monoisotopic (exact) mass is 237 g/mol. The average molecular weight is 237 g/mol. The van der Waals surface area contributed by atoms with Gasteiger partial charge in [0.2, 0.25) is 0 Å². The van der Waals surface area contributed by atoms with Gasteiger partial charge in [0.05, 0.1) is 11.5 Å². The molecule has 0 bridgehead atoms. The van der Waals surface area contributed by atoms with Crippen molar-refractivity contribution in [3.8, 4) is 0 Å². The average Bonchev–Trinajstić information content (AvgIpc) is 2.30. The summed E-state index contributed by atoms with van der Waals surface area (Å²) >= 11 is 0. The Kier molecular flexibility index (Phi) is 4.64. The number of carbonyl (C=O) groups is 1. The Morgan fingerprint density at radius 1 is 1.47 bits per heavy atom. The van der Waals surface area contributed by atoms with Gasteiger partial charge in [-0.05, 0) is 12.1 Å². The van der Waals surface area contributed by atoms with Gasteiger partial charge in [-0.3, -0.25) is 15.0 Å². The Hall–Kier alpha value is -2.41. The van der Waals surface area contributed by atoms with Gasteiger partial charge in [0, 0.05) is 17.8 Å². The Labute approximate surface area is 97.2 Å². The molecule has 17 heavy (non-hydrogen) atoms. The minimum atomic E-state index is -0.569. The van der Waals surface area contributed by atoms with Crippen LogP contribution >= 0.6 is 0 Å². The van der Waals surface area contributed by atoms with Gasteiger partial charge in [-0.2, -0.15) is 0 Å². The van der Waals surface area contributed by atoms with E-state index < -0.39 is 11.0 Å².